The van der Waals surface area contributed by atoms with Crippen molar-refractivity contribution in [3.63, 3.8) is 0 Å². The van der Waals surface area contributed by atoms with Crippen LogP contribution in [-0.4, -0.2) is 51.6 Å². The fraction of sp³-hybridized carbons (Fsp3) is 0.655. The summed E-state index contributed by atoms with van der Waals surface area (Å²) in [5, 5.41) is 25.5. The van der Waals surface area contributed by atoms with Crippen molar-refractivity contribution in [2.75, 3.05) is 13.2 Å². The molecule has 4 atom stereocenters. The van der Waals surface area contributed by atoms with Crippen LogP contribution in [0.5, 0.6) is 0 Å². The van der Waals surface area contributed by atoms with Gasteiger partial charge in [0.05, 0.1) is 6.61 Å². The third kappa shape index (κ3) is 18.0. The summed E-state index contributed by atoms with van der Waals surface area (Å²) >= 11 is 1.33. The van der Waals surface area contributed by atoms with Crippen LogP contribution in [0, 0.1) is 23.2 Å². The van der Waals surface area contributed by atoms with Crippen LogP contribution in [-0.2, 0) is 23.9 Å². The SMILES string of the molecule is CC(CC(=O)O)CC(=O)SC(c1ccccc1)C(C)(C)C.C[C@@H](CCO)CC(=O)O.C[C@H]1CCOC(=O)C1. The van der Waals surface area contributed by atoms with E-state index in [0.29, 0.717) is 31.8 Å². The molecule has 1 aromatic rings. The molecule has 2 rings (SSSR count). The lowest BCUT2D eigenvalue weighted by Crippen LogP contribution is -2.18. The zero-order chi connectivity index (χ0) is 29.3. The number of rotatable bonds is 10. The zero-order valence-corrected chi connectivity index (χ0v) is 24.5. The lowest BCUT2D eigenvalue weighted by Gasteiger charge is -2.30. The predicted octanol–water partition coefficient (Wildman–Crippen LogP) is 5.97. The van der Waals surface area contributed by atoms with E-state index in [1.165, 1.54) is 11.8 Å². The number of aliphatic hydroxyl groups excluding tert-OH is 1. The molecule has 9 heteroatoms. The highest BCUT2D eigenvalue weighted by Crippen LogP contribution is 2.44. The van der Waals surface area contributed by atoms with E-state index in [4.69, 9.17) is 20.1 Å². The van der Waals surface area contributed by atoms with Gasteiger partial charge in [0.1, 0.15) is 0 Å². The van der Waals surface area contributed by atoms with Gasteiger partial charge in [-0.15, -0.1) is 0 Å². The Balaban J connectivity index is 0.000000658. The average molecular weight is 555 g/mol. The molecule has 0 amide bonds. The maximum atomic E-state index is 12.2. The number of carboxylic acids is 2. The van der Waals surface area contributed by atoms with E-state index >= 15 is 0 Å². The number of hydrogen-bond donors (Lipinski definition) is 3. The molecular weight excluding hydrogens is 508 g/mol. The number of carbonyl (C=O) groups is 4. The van der Waals surface area contributed by atoms with Crippen molar-refractivity contribution in [1.29, 1.82) is 0 Å². The van der Waals surface area contributed by atoms with Crippen LogP contribution in [0.2, 0.25) is 0 Å². The number of aliphatic hydroxyl groups is 1. The first-order valence-electron chi connectivity index (χ1n) is 13.1. The number of thioether (sulfide) groups is 1. The van der Waals surface area contributed by atoms with Crippen molar-refractivity contribution in [3.05, 3.63) is 35.9 Å². The lowest BCUT2D eigenvalue weighted by atomic mass is 9.87. The van der Waals surface area contributed by atoms with Crippen molar-refractivity contribution in [2.45, 2.75) is 85.3 Å². The number of carboxylic acid groups (broad SMARTS) is 2. The molecular formula is C29H46O8S. The van der Waals surface area contributed by atoms with Gasteiger partial charge < -0.3 is 20.1 Å². The molecule has 1 aliphatic rings. The molecule has 38 heavy (non-hydrogen) atoms. The first-order valence-corrected chi connectivity index (χ1v) is 14.0. The number of aliphatic carboxylic acids is 2. The summed E-state index contributed by atoms with van der Waals surface area (Å²) in [5.74, 6) is -1.18. The third-order valence-electron chi connectivity index (χ3n) is 5.71. The van der Waals surface area contributed by atoms with Gasteiger partial charge in [-0.2, -0.15) is 0 Å². The minimum absolute atomic E-state index is 0.0382. The van der Waals surface area contributed by atoms with Gasteiger partial charge in [-0.05, 0) is 41.6 Å². The predicted molar refractivity (Wildman–Crippen MR) is 150 cm³/mol. The maximum absolute atomic E-state index is 12.2. The molecule has 0 aliphatic carbocycles. The summed E-state index contributed by atoms with van der Waals surface area (Å²) in [6.45, 7) is 12.7. The Labute approximate surface area is 231 Å². The van der Waals surface area contributed by atoms with Crippen LogP contribution < -0.4 is 0 Å². The molecule has 0 bridgehead atoms. The molecule has 1 fully saturated rings. The molecule has 0 spiro atoms. The summed E-state index contributed by atoms with van der Waals surface area (Å²) in [4.78, 5) is 43.4. The highest BCUT2D eigenvalue weighted by molar-refractivity contribution is 8.13. The summed E-state index contributed by atoms with van der Waals surface area (Å²) in [6.07, 6.45) is 2.72. The second-order valence-electron chi connectivity index (χ2n) is 11.1. The molecule has 3 N–H and O–H groups in total. The van der Waals surface area contributed by atoms with Crippen LogP contribution in [0.3, 0.4) is 0 Å². The largest absolute Gasteiger partial charge is 0.481 e. The zero-order valence-electron chi connectivity index (χ0n) is 23.6. The Bertz CT molecular complexity index is 850. The van der Waals surface area contributed by atoms with Crippen LogP contribution in [0.25, 0.3) is 0 Å². The minimum atomic E-state index is -0.851. The van der Waals surface area contributed by atoms with Gasteiger partial charge in [0.15, 0.2) is 5.12 Å². The number of cyclic esters (lactones) is 1. The topological polar surface area (TPSA) is 138 Å². The number of carbonyl (C=O) groups excluding carboxylic acids is 2. The van der Waals surface area contributed by atoms with E-state index in [2.05, 4.69) is 27.7 Å². The van der Waals surface area contributed by atoms with Gasteiger partial charge in [-0.1, -0.05) is 83.6 Å². The van der Waals surface area contributed by atoms with Gasteiger partial charge in [0.2, 0.25) is 0 Å². The van der Waals surface area contributed by atoms with Gasteiger partial charge in [0, 0.05) is 37.5 Å². The molecule has 1 aliphatic heterocycles. The third-order valence-corrected chi connectivity index (χ3v) is 7.35. The summed E-state index contributed by atoms with van der Waals surface area (Å²) in [7, 11) is 0. The maximum Gasteiger partial charge on any atom is 0.306 e. The van der Waals surface area contributed by atoms with Crippen LogP contribution in [0.15, 0.2) is 30.3 Å². The standard InChI is InChI=1S/C17H24O3S.C6H12O3.C6H10O2/c1-12(10-14(18)19)11-15(20)21-16(17(2,3)4)13-8-6-5-7-9-13;1-5(2-3-7)4-6(8)9;1-5-2-3-8-6(7)4-5/h5-9,12,16H,10-11H2,1-4H3,(H,18,19);5,7H,2-4H2,1H3,(H,8,9);5H,2-4H2,1H3/t;2*5-/m.00/s1. The Hall–Kier alpha value is -2.39. The molecule has 0 aromatic heterocycles. The fourth-order valence-corrected chi connectivity index (χ4v) is 4.94. The number of benzene rings is 1. The number of hydrogen-bond acceptors (Lipinski definition) is 7. The minimum Gasteiger partial charge on any atom is -0.481 e. The average Bonchev–Trinajstić information content (AvgIpc) is 2.77. The van der Waals surface area contributed by atoms with E-state index in [1.807, 2.05) is 37.3 Å². The number of esters is 1. The Morgan fingerprint density at radius 1 is 1.00 bits per heavy atom. The van der Waals surface area contributed by atoms with Crippen molar-refractivity contribution in [2.24, 2.45) is 23.2 Å². The van der Waals surface area contributed by atoms with E-state index in [-0.39, 0.29) is 53.0 Å². The van der Waals surface area contributed by atoms with Crippen molar-refractivity contribution in [1.82, 2.24) is 0 Å². The van der Waals surface area contributed by atoms with Gasteiger partial charge in [-0.25, -0.2) is 0 Å². The molecule has 2 unspecified atom stereocenters. The normalized spacial score (nSPS) is 17.3. The highest BCUT2D eigenvalue weighted by Gasteiger charge is 2.29. The molecule has 1 heterocycles. The van der Waals surface area contributed by atoms with E-state index in [1.54, 1.807) is 6.92 Å². The smallest absolute Gasteiger partial charge is 0.306 e. The van der Waals surface area contributed by atoms with E-state index in [9.17, 15) is 19.2 Å². The second kappa shape index (κ2) is 18.8. The van der Waals surface area contributed by atoms with Crippen LogP contribution in [0.4, 0.5) is 0 Å². The fourth-order valence-electron chi connectivity index (χ4n) is 3.65. The molecule has 0 saturated carbocycles. The summed E-state index contributed by atoms with van der Waals surface area (Å²) in [5.41, 5.74) is 1.09. The first-order chi connectivity index (χ1) is 17.6. The quantitative estimate of drug-likeness (QED) is 0.298. The van der Waals surface area contributed by atoms with Crippen LogP contribution >= 0.6 is 11.8 Å². The Morgan fingerprint density at radius 3 is 1.97 bits per heavy atom. The van der Waals surface area contributed by atoms with Crippen molar-refractivity contribution >= 4 is 34.8 Å². The summed E-state index contributed by atoms with van der Waals surface area (Å²) in [6, 6.07) is 10.00. The highest BCUT2D eigenvalue weighted by atomic mass is 32.2. The second-order valence-corrected chi connectivity index (χ2v) is 12.2. The van der Waals surface area contributed by atoms with Crippen molar-refractivity contribution < 1.29 is 39.2 Å². The van der Waals surface area contributed by atoms with E-state index in [0.717, 1.165) is 12.0 Å². The van der Waals surface area contributed by atoms with Crippen LogP contribution in [0.1, 0.15) is 90.9 Å². The Kier molecular flexibility index (Phi) is 17.6. The number of ether oxygens (including phenoxy) is 1. The monoisotopic (exact) mass is 554 g/mol. The van der Waals surface area contributed by atoms with Gasteiger partial charge >= 0.3 is 17.9 Å². The molecule has 0 radical (unpaired) electrons. The van der Waals surface area contributed by atoms with E-state index < -0.39 is 11.9 Å². The molecule has 216 valence electrons. The molecule has 1 saturated heterocycles. The van der Waals surface area contributed by atoms with Crippen molar-refractivity contribution in [3.8, 4) is 0 Å². The molecule has 1 aromatic carbocycles. The van der Waals surface area contributed by atoms with Gasteiger partial charge in [-0.3, -0.25) is 19.2 Å². The first kappa shape index (κ1) is 35.6. The Morgan fingerprint density at radius 2 is 1.55 bits per heavy atom. The summed E-state index contributed by atoms with van der Waals surface area (Å²) < 4.78 is 4.71. The molecule has 8 nitrogen and oxygen atoms in total. The van der Waals surface area contributed by atoms with Gasteiger partial charge in [0.25, 0.3) is 0 Å². The lowest BCUT2D eigenvalue weighted by molar-refractivity contribution is -0.148.